The highest BCUT2D eigenvalue weighted by Gasteiger charge is 2.26. The number of benzene rings is 1. The highest BCUT2D eigenvalue weighted by molar-refractivity contribution is 9.10. The second kappa shape index (κ2) is 6.87. The van der Waals surface area contributed by atoms with Crippen LogP contribution < -0.4 is 10.6 Å². The molecule has 1 heterocycles. The normalized spacial score (nSPS) is 13.7. The number of amides is 1. The maximum absolute atomic E-state index is 12.0. The second-order valence-corrected chi connectivity index (χ2v) is 6.18. The van der Waals surface area contributed by atoms with Crippen molar-refractivity contribution in [1.82, 2.24) is 15.3 Å². The lowest BCUT2D eigenvalue weighted by molar-refractivity contribution is 0.0955. The van der Waals surface area contributed by atoms with Gasteiger partial charge >= 0.3 is 0 Å². The van der Waals surface area contributed by atoms with Gasteiger partial charge in [0.2, 0.25) is 0 Å². The molecular weight excluding hydrogens is 344 g/mol. The smallest absolute Gasteiger partial charge is 0.251 e. The highest BCUT2D eigenvalue weighted by atomic mass is 79.9. The third-order valence-corrected chi connectivity index (χ3v) is 3.91. The monoisotopic (exact) mass is 360 g/mol. The Bertz CT molecular complexity index is 673. The van der Waals surface area contributed by atoms with E-state index in [0.29, 0.717) is 24.6 Å². The van der Waals surface area contributed by atoms with Gasteiger partial charge in [-0.3, -0.25) is 4.79 Å². The van der Waals surface area contributed by atoms with Gasteiger partial charge < -0.3 is 10.6 Å². The first-order valence-electron chi connectivity index (χ1n) is 7.33. The SMILES string of the molecule is O=C(NCCNc1ccnc(C2CC2)n1)c1cccc(Br)c1. The van der Waals surface area contributed by atoms with E-state index in [4.69, 9.17) is 0 Å². The van der Waals surface area contributed by atoms with Crippen molar-refractivity contribution in [2.75, 3.05) is 18.4 Å². The molecule has 0 atom stereocenters. The zero-order chi connectivity index (χ0) is 15.4. The zero-order valence-electron chi connectivity index (χ0n) is 12.1. The van der Waals surface area contributed by atoms with Crippen LogP contribution in [0.25, 0.3) is 0 Å². The molecule has 1 aromatic heterocycles. The van der Waals surface area contributed by atoms with Gasteiger partial charge in [-0.15, -0.1) is 0 Å². The summed E-state index contributed by atoms with van der Waals surface area (Å²) >= 11 is 3.36. The van der Waals surface area contributed by atoms with E-state index in [9.17, 15) is 4.79 Å². The molecule has 2 N–H and O–H groups in total. The van der Waals surface area contributed by atoms with Gasteiger partial charge in [-0.2, -0.15) is 0 Å². The van der Waals surface area contributed by atoms with Crippen molar-refractivity contribution < 1.29 is 4.79 Å². The van der Waals surface area contributed by atoms with E-state index < -0.39 is 0 Å². The molecular formula is C16H17BrN4O. The van der Waals surface area contributed by atoms with Crippen molar-refractivity contribution in [1.29, 1.82) is 0 Å². The lowest BCUT2D eigenvalue weighted by Gasteiger charge is -2.08. The third kappa shape index (κ3) is 4.04. The Balaban J connectivity index is 1.45. The standard InChI is InChI=1S/C16H17BrN4O/c17-13-3-1-2-12(10-13)16(22)20-9-8-18-14-6-7-19-15(21-14)11-4-5-11/h1-3,6-7,10-11H,4-5,8-9H2,(H,20,22)(H,18,19,21). The number of rotatable bonds is 6. The summed E-state index contributed by atoms with van der Waals surface area (Å²) in [5, 5.41) is 6.09. The topological polar surface area (TPSA) is 66.9 Å². The Labute approximate surface area is 137 Å². The summed E-state index contributed by atoms with van der Waals surface area (Å²) < 4.78 is 0.895. The van der Waals surface area contributed by atoms with Crippen LogP contribution in [-0.4, -0.2) is 29.0 Å². The minimum absolute atomic E-state index is 0.0792. The number of nitrogens with zero attached hydrogens (tertiary/aromatic N) is 2. The van der Waals surface area contributed by atoms with Crippen LogP contribution >= 0.6 is 15.9 Å². The lowest BCUT2D eigenvalue weighted by atomic mass is 10.2. The number of anilines is 1. The minimum Gasteiger partial charge on any atom is -0.368 e. The van der Waals surface area contributed by atoms with Crippen LogP contribution in [-0.2, 0) is 0 Å². The molecule has 2 aromatic rings. The molecule has 5 nitrogen and oxygen atoms in total. The maximum atomic E-state index is 12.0. The highest BCUT2D eigenvalue weighted by Crippen LogP contribution is 2.37. The molecule has 22 heavy (non-hydrogen) atoms. The van der Waals surface area contributed by atoms with Crippen LogP contribution in [0, 0.1) is 0 Å². The van der Waals surface area contributed by atoms with Crippen LogP contribution in [0.15, 0.2) is 41.0 Å². The Kier molecular flexibility index (Phi) is 4.68. The van der Waals surface area contributed by atoms with Gasteiger partial charge in [0.25, 0.3) is 5.91 Å². The summed E-state index contributed by atoms with van der Waals surface area (Å²) in [6.07, 6.45) is 4.15. The fraction of sp³-hybridized carbons (Fsp3) is 0.312. The summed E-state index contributed by atoms with van der Waals surface area (Å²) in [6.45, 7) is 1.16. The minimum atomic E-state index is -0.0792. The zero-order valence-corrected chi connectivity index (χ0v) is 13.6. The molecule has 0 saturated heterocycles. The number of carbonyl (C=O) groups is 1. The van der Waals surface area contributed by atoms with E-state index in [-0.39, 0.29) is 5.91 Å². The van der Waals surface area contributed by atoms with E-state index >= 15 is 0 Å². The van der Waals surface area contributed by atoms with E-state index in [2.05, 4.69) is 36.5 Å². The predicted molar refractivity (Wildman–Crippen MR) is 89.0 cm³/mol. The third-order valence-electron chi connectivity index (χ3n) is 3.42. The number of carbonyl (C=O) groups excluding carboxylic acids is 1. The number of aromatic nitrogens is 2. The quantitative estimate of drug-likeness (QED) is 0.777. The van der Waals surface area contributed by atoms with E-state index in [1.54, 1.807) is 18.3 Å². The Morgan fingerprint density at radius 2 is 2.14 bits per heavy atom. The first kappa shape index (κ1) is 15.0. The van der Waals surface area contributed by atoms with Gasteiger partial charge in [-0.25, -0.2) is 9.97 Å². The van der Waals surface area contributed by atoms with Gasteiger partial charge in [-0.1, -0.05) is 22.0 Å². The van der Waals surface area contributed by atoms with Gasteiger partial charge in [0.1, 0.15) is 11.6 Å². The van der Waals surface area contributed by atoms with Gasteiger partial charge in [0.05, 0.1) is 0 Å². The first-order valence-corrected chi connectivity index (χ1v) is 8.12. The molecule has 1 fully saturated rings. The molecule has 114 valence electrons. The van der Waals surface area contributed by atoms with Crippen molar-refractivity contribution in [3.8, 4) is 0 Å². The number of hydrogen-bond acceptors (Lipinski definition) is 4. The van der Waals surface area contributed by atoms with Crippen molar-refractivity contribution in [3.63, 3.8) is 0 Å². The molecule has 0 spiro atoms. The first-order chi connectivity index (χ1) is 10.7. The molecule has 0 radical (unpaired) electrons. The van der Waals surface area contributed by atoms with Crippen molar-refractivity contribution in [3.05, 3.63) is 52.4 Å². The molecule has 6 heteroatoms. The second-order valence-electron chi connectivity index (χ2n) is 5.27. The van der Waals surface area contributed by atoms with Crippen LogP contribution in [0.2, 0.25) is 0 Å². The van der Waals surface area contributed by atoms with Gasteiger partial charge in [0, 0.05) is 35.2 Å². The molecule has 1 aliphatic carbocycles. The summed E-state index contributed by atoms with van der Waals surface area (Å²) in [7, 11) is 0. The molecule has 0 unspecified atom stereocenters. The van der Waals surface area contributed by atoms with E-state index in [1.165, 1.54) is 12.8 Å². The average molecular weight is 361 g/mol. The van der Waals surface area contributed by atoms with Gasteiger partial charge in [0.15, 0.2) is 0 Å². The summed E-state index contributed by atoms with van der Waals surface area (Å²) in [6, 6.07) is 9.18. The average Bonchev–Trinajstić information content (AvgIpc) is 3.36. The van der Waals surface area contributed by atoms with Crippen LogP contribution in [0.5, 0.6) is 0 Å². The Morgan fingerprint density at radius 1 is 1.27 bits per heavy atom. The number of hydrogen-bond donors (Lipinski definition) is 2. The predicted octanol–water partition coefficient (Wildman–Crippen LogP) is 2.96. The molecule has 1 saturated carbocycles. The largest absolute Gasteiger partial charge is 0.368 e. The van der Waals surface area contributed by atoms with Gasteiger partial charge in [-0.05, 0) is 37.1 Å². The molecule has 1 aromatic carbocycles. The summed E-state index contributed by atoms with van der Waals surface area (Å²) in [5.41, 5.74) is 0.646. The Hall–Kier alpha value is -1.95. The fourth-order valence-electron chi connectivity index (χ4n) is 2.11. The Morgan fingerprint density at radius 3 is 2.91 bits per heavy atom. The van der Waals surface area contributed by atoms with E-state index in [1.807, 2.05) is 18.2 Å². The number of halogens is 1. The van der Waals surface area contributed by atoms with Crippen molar-refractivity contribution in [2.45, 2.75) is 18.8 Å². The van der Waals surface area contributed by atoms with Crippen LogP contribution in [0.4, 0.5) is 5.82 Å². The van der Waals surface area contributed by atoms with E-state index in [0.717, 1.165) is 16.1 Å². The van der Waals surface area contributed by atoms with Crippen LogP contribution in [0.3, 0.4) is 0 Å². The maximum Gasteiger partial charge on any atom is 0.251 e. The molecule has 3 rings (SSSR count). The fourth-order valence-corrected chi connectivity index (χ4v) is 2.51. The van der Waals surface area contributed by atoms with Crippen LogP contribution in [0.1, 0.15) is 34.9 Å². The summed E-state index contributed by atoms with van der Waals surface area (Å²) in [5.74, 6) is 2.19. The molecule has 0 aliphatic heterocycles. The molecule has 0 bridgehead atoms. The molecule has 1 aliphatic rings. The lowest BCUT2D eigenvalue weighted by Crippen LogP contribution is -2.28. The van der Waals surface area contributed by atoms with Crippen molar-refractivity contribution >= 4 is 27.7 Å². The molecule has 1 amide bonds. The number of nitrogens with one attached hydrogen (secondary N) is 2. The summed E-state index contributed by atoms with van der Waals surface area (Å²) in [4.78, 5) is 20.7. The van der Waals surface area contributed by atoms with Crippen molar-refractivity contribution in [2.24, 2.45) is 0 Å².